The predicted molar refractivity (Wildman–Crippen MR) is 82.6 cm³/mol. The molecule has 0 radical (unpaired) electrons. The van der Waals surface area contributed by atoms with Gasteiger partial charge in [0, 0.05) is 24.2 Å². The first-order valence-electron chi connectivity index (χ1n) is 6.60. The van der Waals surface area contributed by atoms with E-state index in [4.69, 9.17) is 4.74 Å². The van der Waals surface area contributed by atoms with Gasteiger partial charge in [0.25, 0.3) is 5.91 Å². The summed E-state index contributed by atoms with van der Waals surface area (Å²) in [7, 11) is 1.53. The number of methoxy groups -OCH3 is 1. The summed E-state index contributed by atoms with van der Waals surface area (Å²) in [5, 5.41) is 9.44. The average molecular weight is 333 g/mol. The van der Waals surface area contributed by atoms with Crippen molar-refractivity contribution in [3.05, 3.63) is 47.7 Å². The Bertz CT molecular complexity index is 832. The van der Waals surface area contributed by atoms with Crippen LogP contribution < -0.4 is 5.32 Å². The number of H-pyrrole nitrogens is 1. The van der Waals surface area contributed by atoms with Crippen molar-refractivity contribution >= 4 is 22.6 Å². The number of hydrogen-bond acceptors (Lipinski definition) is 6. The molecule has 0 bridgehead atoms. The molecule has 0 fully saturated rings. The zero-order valence-electron chi connectivity index (χ0n) is 12.0. The summed E-state index contributed by atoms with van der Waals surface area (Å²) in [6.07, 6.45) is 1.34. The van der Waals surface area contributed by atoms with Gasteiger partial charge in [-0.1, -0.05) is 12.1 Å². The number of halogens is 1. The van der Waals surface area contributed by atoms with E-state index in [-0.39, 0.29) is 17.7 Å². The molecule has 2 aromatic heterocycles. The second-order valence-electron chi connectivity index (χ2n) is 4.54. The Balaban J connectivity index is 1.83. The summed E-state index contributed by atoms with van der Waals surface area (Å²) < 4.78 is 22.9. The quantitative estimate of drug-likeness (QED) is 0.748. The van der Waals surface area contributed by atoms with Crippen molar-refractivity contribution in [3.63, 3.8) is 0 Å². The first-order chi connectivity index (χ1) is 11.2. The van der Waals surface area contributed by atoms with Crippen molar-refractivity contribution in [1.82, 2.24) is 19.6 Å². The Morgan fingerprint density at radius 1 is 1.43 bits per heavy atom. The maximum Gasteiger partial charge on any atom is 0.261 e. The highest BCUT2D eigenvalue weighted by Crippen LogP contribution is 2.24. The third-order valence-electron chi connectivity index (χ3n) is 2.99. The van der Waals surface area contributed by atoms with Gasteiger partial charge < -0.3 is 4.74 Å². The summed E-state index contributed by atoms with van der Waals surface area (Å²) in [4.78, 5) is 16.5. The molecule has 3 rings (SSSR count). The third kappa shape index (κ3) is 3.25. The van der Waals surface area contributed by atoms with E-state index in [2.05, 4.69) is 24.9 Å². The molecule has 7 nitrogen and oxygen atoms in total. The maximum atomic E-state index is 13.9. The van der Waals surface area contributed by atoms with Crippen LogP contribution in [-0.4, -0.2) is 32.6 Å². The van der Waals surface area contributed by atoms with Crippen LogP contribution in [0.25, 0.3) is 11.3 Å². The van der Waals surface area contributed by atoms with E-state index in [1.165, 1.54) is 19.4 Å². The first-order valence-corrected chi connectivity index (χ1v) is 7.37. The Hall–Kier alpha value is -2.65. The number of hydrogen-bond donors (Lipinski definition) is 2. The minimum absolute atomic E-state index is 0.221. The van der Waals surface area contributed by atoms with E-state index in [1.54, 1.807) is 18.2 Å². The van der Waals surface area contributed by atoms with E-state index < -0.39 is 11.7 Å². The molecule has 9 heteroatoms. The number of amides is 1. The molecule has 0 aliphatic heterocycles. The SMILES string of the molecule is COCc1nsc(NC(=O)c2cn[nH]c2-c2ccccc2F)n1. The molecule has 2 heterocycles. The lowest BCUT2D eigenvalue weighted by Crippen LogP contribution is -2.12. The maximum absolute atomic E-state index is 13.9. The molecular weight excluding hydrogens is 321 g/mol. The van der Waals surface area contributed by atoms with Crippen LogP contribution in [0.15, 0.2) is 30.5 Å². The molecule has 23 heavy (non-hydrogen) atoms. The summed E-state index contributed by atoms with van der Waals surface area (Å²) in [5.74, 6) is -0.407. The molecular formula is C14H12FN5O2S. The van der Waals surface area contributed by atoms with Crippen LogP contribution >= 0.6 is 11.5 Å². The predicted octanol–water partition coefficient (Wildman–Crippen LogP) is 2.47. The molecule has 1 aromatic carbocycles. The van der Waals surface area contributed by atoms with Crippen molar-refractivity contribution < 1.29 is 13.9 Å². The Morgan fingerprint density at radius 3 is 3.04 bits per heavy atom. The van der Waals surface area contributed by atoms with Crippen LogP contribution in [0.3, 0.4) is 0 Å². The van der Waals surface area contributed by atoms with Gasteiger partial charge in [0.1, 0.15) is 12.4 Å². The molecule has 1 amide bonds. The van der Waals surface area contributed by atoms with Gasteiger partial charge in [-0.05, 0) is 12.1 Å². The number of anilines is 1. The van der Waals surface area contributed by atoms with Gasteiger partial charge in [0.2, 0.25) is 5.13 Å². The number of rotatable bonds is 5. The van der Waals surface area contributed by atoms with Crippen LogP contribution in [-0.2, 0) is 11.3 Å². The average Bonchev–Trinajstić information content (AvgIpc) is 3.17. The van der Waals surface area contributed by atoms with Crippen molar-refractivity contribution in [2.45, 2.75) is 6.61 Å². The number of benzene rings is 1. The van der Waals surface area contributed by atoms with Gasteiger partial charge >= 0.3 is 0 Å². The molecule has 0 saturated heterocycles. The summed E-state index contributed by atoms with van der Waals surface area (Å²) in [5.41, 5.74) is 0.799. The van der Waals surface area contributed by atoms with Crippen LogP contribution in [0.1, 0.15) is 16.2 Å². The second kappa shape index (κ2) is 6.63. The minimum atomic E-state index is -0.447. The number of ether oxygens (including phenoxy) is 1. The molecule has 2 N–H and O–H groups in total. The molecule has 0 aliphatic rings. The van der Waals surface area contributed by atoms with Crippen LogP contribution in [0.5, 0.6) is 0 Å². The number of aromatic amines is 1. The second-order valence-corrected chi connectivity index (χ2v) is 5.29. The fourth-order valence-electron chi connectivity index (χ4n) is 1.98. The largest absolute Gasteiger partial charge is 0.377 e. The normalized spacial score (nSPS) is 10.7. The van der Waals surface area contributed by atoms with Crippen molar-refractivity contribution in [1.29, 1.82) is 0 Å². The van der Waals surface area contributed by atoms with E-state index in [0.717, 1.165) is 11.5 Å². The standard InChI is InChI=1S/C14H12FN5O2S/c1-22-7-11-17-14(23-20-11)18-13(21)9-6-16-19-12(9)8-4-2-3-5-10(8)15/h2-6H,7H2,1H3,(H,16,19)(H,17,18,20,21). The number of nitrogens with one attached hydrogen (secondary N) is 2. The molecule has 0 aliphatic carbocycles. The molecule has 0 atom stereocenters. The van der Waals surface area contributed by atoms with Crippen molar-refractivity contribution in [2.75, 3.05) is 12.4 Å². The Kier molecular flexibility index (Phi) is 4.40. The van der Waals surface area contributed by atoms with E-state index in [0.29, 0.717) is 16.6 Å². The minimum Gasteiger partial charge on any atom is -0.377 e. The summed E-state index contributed by atoms with van der Waals surface area (Å²) >= 11 is 1.04. The molecule has 0 saturated carbocycles. The first kappa shape index (κ1) is 15.3. The van der Waals surface area contributed by atoms with E-state index in [9.17, 15) is 9.18 Å². The monoisotopic (exact) mass is 333 g/mol. The highest BCUT2D eigenvalue weighted by molar-refractivity contribution is 7.09. The zero-order chi connectivity index (χ0) is 16.2. The molecule has 3 aromatic rings. The van der Waals surface area contributed by atoms with E-state index in [1.807, 2.05) is 0 Å². The van der Waals surface area contributed by atoms with Gasteiger partial charge in [-0.15, -0.1) is 0 Å². The lowest BCUT2D eigenvalue weighted by molar-refractivity contribution is 0.102. The fourth-order valence-corrected chi connectivity index (χ4v) is 2.55. The Morgan fingerprint density at radius 2 is 2.26 bits per heavy atom. The van der Waals surface area contributed by atoms with Gasteiger partial charge in [-0.2, -0.15) is 9.47 Å². The summed E-state index contributed by atoms with van der Waals surface area (Å²) in [6.45, 7) is 0.262. The van der Waals surface area contributed by atoms with E-state index >= 15 is 0 Å². The number of carbonyl (C=O) groups excluding carboxylic acids is 1. The molecule has 118 valence electrons. The molecule has 0 unspecified atom stereocenters. The third-order valence-corrected chi connectivity index (χ3v) is 3.66. The highest BCUT2D eigenvalue weighted by Gasteiger charge is 2.19. The Labute approximate surface area is 134 Å². The van der Waals surface area contributed by atoms with Crippen LogP contribution in [0.4, 0.5) is 9.52 Å². The summed E-state index contributed by atoms with van der Waals surface area (Å²) in [6, 6.07) is 6.15. The van der Waals surface area contributed by atoms with Crippen molar-refractivity contribution in [2.24, 2.45) is 0 Å². The fraction of sp³-hybridized carbons (Fsp3) is 0.143. The zero-order valence-corrected chi connectivity index (χ0v) is 12.9. The van der Waals surface area contributed by atoms with Gasteiger partial charge in [-0.3, -0.25) is 15.2 Å². The highest BCUT2D eigenvalue weighted by atomic mass is 32.1. The number of carbonyl (C=O) groups is 1. The van der Waals surface area contributed by atoms with Crippen LogP contribution in [0.2, 0.25) is 0 Å². The van der Waals surface area contributed by atoms with Gasteiger partial charge in [0.15, 0.2) is 5.82 Å². The lowest BCUT2D eigenvalue weighted by atomic mass is 10.1. The van der Waals surface area contributed by atoms with Gasteiger partial charge in [0.05, 0.1) is 17.5 Å². The molecule has 0 spiro atoms. The smallest absolute Gasteiger partial charge is 0.261 e. The topological polar surface area (TPSA) is 92.8 Å². The van der Waals surface area contributed by atoms with Gasteiger partial charge in [-0.25, -0.2) is 9.37 Å². The van der Waals surface area contributed by atoms with Crippen LogP contribution in [0, 0.1) is 5.82 Å². The number of aromatic nitrogens is 4. The number of nitrogens with zero attached hydrogens (tertiary/aromatic N) is 3. The lowest BCUT2D eigenvalue weighted by Gasteiger charge is -2.04. The van der Waals surface area contributed by atoms with Crippen molar-refractivity contribution in [3.8, 4) is 11.3 Å².